The van der Waals surface area contributed by atoms with E-state index in [1.165, 1.54) is 29.2 Å². The molecule has 0 N–H and O–H groups in total. The molecule has 0 spiro atoms. The Hall–Kier alpha value is -3.23. The first-order valence-corrected chi connectivity index (χ1v) is 12.0. The SMILES string of the molecule is Cc1nc(COc2ccccc2/C=C/C(=O)N2CCN(C(=O)c3cc(Cl)ccc3F)CC2)cs1. The first-order chi connectivity index (χ1) is 16.4. The number of hydrogen-bond acceptors (Lipinski definition) is 5. The van der Waals surface area contributed by atoms with E-state index in [9.17, 15) is 14.0 Å². The Morgan fingerprint density at radius 3 is 2.62 bits per heavy atom. The molecule has 1 saturated heterocycles. The number of rotatable bonds is 6. The van der Waals surface area contributed by atoms with Crippen LogP contribution in [0.1, 0.15) is 26.6 Å². The number of carbonyl (C=O) groups is 2. The lowest BCUT2D eigenvalue weighted by atomic mass is 10.1. The monoisotopic (exact) mass is 499 g/mol. The summed E-state index contributed by atoms with van der Waals surface area (Å²) >= 11 is 7.47. The predicted molar refractivity (Wildman–Crippen MR) is 131 cm³/mol. The van der Waals surface area contributed by atoms with E-state index in [4.69, 9.17) is 16.3 Å². The lowest BCUT2D eigenvalue weighted by Gasteiger charge is -2.34. The topological polar surface area (TPSA) is 62.7 Å². The summed E-state index contributed by atoms with van der Waals surface area (Å²) in [6, 6.07) is 11.4. The molecule has 3 aromatic rings. The minimum Gasteiger partial charge on any atom is -0.487 e. The van der Waals surface area contributed by atoms with Crippen molar-refractivity contribution in [3.63, 3.8) is 0 Å². The molecule has 4 rings (SSSR count). The molecule has 1 fully saturated rings. The van der Waals surface area contributed by atoms with Gasteiger partial charge in [0.15, 0.2) is 0 Å². The zero-order valence-corrected chi connectivity index (χ0v) is 20.1. The molecule has 2 aromatic carbocycles. The molecule has 0 aliphatic carbocycles. The fraction of sp³-hybridized carbons (Fsp3) is 0.240. The van der Waals surface area contributed by atoms with Gasteiger partial charge in [-0.3, -0.25) is 9.59 Å². The van der Waals surface area contributed by atoms with Crippen molar-refractivity contribution in [1.29, 1.82) is 0 Å². The molecule has 2 amide bonds. The van der Waals surface area contributed by atoms with Crippen molar-refractivity contribution in [3.05, 3.63) is 86.6 Å². The van der Waals surface area contributed by atoms with Crippen LogP contribution in [0.5, 0.6) is 5.75 Å². The standard InChI is InChI=1S/C25H23ClFN3O3S/c1-17-28-20(16-34-17)15-33-23-5-3-2-4-18(23)6-9-24(31)29-10-12-30(13-11-29)25(32)21-14-19(26)7-8-22(21)27/h2-9,14,16H,10-13,15H2,1H3/b9-6+. The van der Waals surface area contributed by atoms with Gasteiger partial charge >= 0.3 is 0 Å². The number of carbonyl (C=O) groups excluding carboxylic acids is 2. The molecular weight excluding hydrogens is 477 g/mol. The van der Waals surface area contributed by atoms with E-state index in [0.717, 1.165) is 16.3 Å². The summed E-state index contributed by atoms with van der Waals surface area (Å²) in [6.45, 7) is 3.65. The smallest absolute Gasteiger partial charge is 0.257 e. The van der Waals surface area contributed by atoms with Crippen LogP contribution in [0, 0.1) is 12.7 Å². The third kappa shape index (κ3) is 5.81. The highest BCUT2D eigenvalue weighted by Gasteiger charge is 2.25. The Morgan fingerprint density at radius 1 is 1.15 bits per heavy atom. The van der Waals surface area contributed by atoms with E-state index >= 15 is 0 Å². The summed E-state index contributed by atoms with van der Waals surface area (Å²) in [4.78, 5) is 33.0. The van der Waals surface area contributed by atoms with Crippen LogP contribution >= 0.6 is 22.9 Å². The van der Waals surface area contributed by atoms with Crippen LogP contribution in [0.2, 0.25) is 5.02 Å². The van der Waals surface area contributed by atoms with E-state index in [0.29, 0.717) is 43.6 Å². The van der Waals surface area contributed by atoms with Gasteiger partial charge in [0, 0.05) is 48.2 Å². The number of thiazole rings is 1. The predicted octanol–water partition coefficient (Wildman–Crippen LogP) is 4.82. The van der Waals surface area contributed by atoms with Gasteiger partial charge in [-0.05, 0) is 37.3 Å². The van der Waals surface area contributed by atoms with Gasteiger partial charge in [-0.25, -0.2) is 9.37 Å². The fourth-order valence-electron chi connectivity index (χ4n) is 3.60. The molecule has 0 radical (unpaired) electrons. The summed E-state index contributed by atoms with van der Waals surface area (Å²) < 4.78 is 19.9. The minimum atomic E-state index is -0.610. The van der Waals surface area contributed by atoms with E-state index < -0.39 is 11.7 Å². The Bertz CT molecular complexity index is 1220. The molecule has 1 aliphatic heterocycles. The number of aryl methyl sites for hydroxylation is 1. The minimum absolute atomic E-state index is 0.0587. The Morgan fingerprint density at radius 2 is 1.88 bits per heavy atom. The number of amides is 2. The first kappa shape index (κ1) is 23.9. The van der Waals surface area contributed by atoms with E-state index in [-0.39, 0.29) is 11.5 Å². The third-order valence-corrected chi connectivity index (χ3v) is 6.46. The average molecular weight is 500 g/mol. The Labute approximate surface area is 206 Å². The molecule has 0 bridgehead atoms. The van der Waals surface area contributed by atoms with Gasteiger partial charge in [-0.15, -0.1) is 11.3 Å². The van der Waals surface area contributed by atoms with Gasteiger partial charge in [-0.2, -0.15) is 0 Å². The number of piperazine rings is 1. The number of aromatic nitrogens is 1. The number of hydrogen-bond donors (Lipinski definition) is 0. The Kier molecular flexibility index (Phi) is 7.59. The van der Waals surface area contributed by atoms with Crippen molar-refractivity contribution in [2.24, 2.45) is 0 Å². The molecule has 9 heteroatoms. The molecule has 0 unspecified atom stereocenters. The van der Waals surface area contributed by atoms with Crippen molar-refractivity contribution >= 4 is 40.8 Å². The molecule has 6 nitrogen and oxygen atoms in total. The average Bonchev–Trinajstić information content (AvgIpc) is 3.28. The van der Waals surface area contributed by atoms with Crippen LogP contribution in [-0.4, -0.2) is 52.8 Å². The van der Waals surface area contributed by atoms with E-state index in [1.54, 1.807) is 22.3 Å². The summed E-state index contributed by atoms with van der Waals surface area (Å²) in [5.41, 5.74) is 1.59. The van der Waals surface area contributed by atoms with Crippen LogP contribution in [-0.2, 0) is 11.4 Å². The number of nitrogens with zero attached hydrogens (tertiary/aromatic N) is 3. The second kappa shape index (κ2) is 10.8. The van der Waals surface area contributed by atoms with Gasteiger partial charge in [-0.1, -0.05) is 29.8 Å². The summed E-state index contributed by atoms with van der Waals surface area (Å²) in [5, 5.41) is 3.24. The highest BCUT2D eigenvalue weighted by Crippen LogP contribution is 2.22. The van der Waals surface area contributed by atoms with Gasteiger partial charge < -0.3 is 14.5 Å². The molecule has 34 heavy (non-hydrogen) atoms. The molecule has 1 aliphatic rings. The van der Waals surface area contributed by atoms with Crippen LogP contribution in [0.3, 0.4) is 0 Å². The normalized spacial score (nSPS) is 14.0. The van der Waals surface area contributed by atoms with Gasteiger partial charge in [0.2, 0.25) is 5.91 Å². The van der Waals surface area contributed by atoms with Crippen LogP contribution in [0.25, 0.3) is 6.08 Å². The second-order valence-corrected chi connectivity index (χ2v) is 9.26. The van der Waals surface area contributed by atoms with Gasteiger partial charge in [0.05, 0.1) is 16.3 Å². The van der Waals surface area contributed by atoms with Crippen molar-refractivity contribution < 1.29 is 18.7 Å². The summed E-state index contributed by atoms with van der Waals surface area (Å²) in [7, 11) is 0. The van der Waals surface area contributed by atoms with Crippen molar-refractivity contribution in [2.75, 3.05) is 26.2 Å². The molecule has 0 atom stereocenters. The summed E-state index contributed by atoms with van der Waals surface area (Å²) in [6.07, 6.45) is 3.23. The van der Waals surface area contributed by atoms with Crippen LogP contribution in [0.15, 0.2) is 53.9 Å². The molecule has 1 aromatic heterocycles. The quantitative estimate of drug-likeness (QED) is 0.456. The third-order valence-electron chi connectivity index (χ3n) is 5.40. The summed E-state index contributed by atoms with van der Waals surface area (Å²) in [5.74, 6) is -0.534. The maximum absolute atomic E-state index is 14.0. The number of ether oxygens (including phenoxy) is 1. The van der Waals surface area contributed by atoms with E-state index in [2.05, 4.69) is 4.98 Å². The van der Waals surface area contributed by atoms with Crippen molar-refractivity contribution in [2.45, 2.75) is 13.5 Å². The largest absolute Gasteiger partial charge is 0.487 e. The molecule has 2 heterocycles. The first-order valence-electron chi connectivity index (χ1n) is 10.7. The fourth-order valence-corrected chi connectivity index (χ4v) is 4.37. The highest BCUT2D eigenvalue weighted by molar-refractivity contribution is 7.09. The molecular formula is C25H23ClFN3O3S. The second-order valence-electron chi connectivity index (χ2n) is 7.76. The lowest BCUT2D eigenvalue weighted by molar-refractivity contribution is -0.127. The number of halogens is 2. The van der Waals surface area contributed by atoms with Crippen molar-refractivity contribution in [1.82, 2.24) is 14.8 Å². The van der Waals surface area contributed by atoms with Crippen LogP contribution < -0.4 is 4.74 Å². The molecule has 176 valence electrons. The van der Waals surface area contributed by atoms with Gasteiger partial charge in [0.25, 0.3) is 5.91 Å². The number of benzene rings is 2. The Balaban J connectivity index is 1.34. The highest BCUT2D eigenvalue weighted by atomic mass is 35.5. The zero-order chi connectivity index (χ0) is 24.1. The van der Waals surface area contributed by atoms with Crippen molar-refractivity contribution in [3.8, 4) is 5.75 Å². The lowest BCUT2D eigenvalue weighted by Crippen LogP contribution is -2.50. The number of para-hydroxylation sites is 1. The van der Waals surface area contributed by atoms with Crippen LogP contribution in [0.4, 0.5) is 4.39 Å². The maximum atomic E-state index is 14.0. The van der Waals surface area contributed by atoms with E-state index in [1.807, 2.05) is 36.6 Å². The zero-order valence-electron chi connectivity index (χ0n) is 18.5. The maximum Gasteiger partial charge on any atom is 0.257 e. The van der Waals surface area contributed by atoms with Gasteiger partial charge in [0.1, 0.15) is 18.2 Å². The molecule has 0 saturated carbocycles.